The summed E-state index contributed by atoms with van der Waals surface area (Å²) in [6, 6.07) is 9.77. The van der Waals surface area contributed by atoms with E-state index in [1.807, 2.05) is 0 Å². The van der Waals surface area contributed by atoms with E-state index in [9.17, 15) is 13.2 Å². The predicted molar refractivity (Wildman–Crippen MR) is 105 cm³/mol. The van der Waals surface area contributed by atoms with Crippen molar-refractivity contribution in [1.82, 2.24) is 19.5 Å². The van der Waals surface area contributed by atoms with Gasteiger partial charge in [0, 0.05) is 21.2 Å². The van der Waals surface area contributed by atoms with Crippen LogP contribution in [0.5, 0.6) is 0 Å². The molecule has 2 N–H and O–H groups in total. The lowest BCUT2D eigenvalue weighted by Gasteiger charge is -2.13. The summed E-state index contributed by atoms with van der Waals surface area (Å²) in [5, 5.41) is 0.968. The van der Waals surface area contributed by atoms with Gasteiger partial charge in [-0.3, -0.25) is 0 Å². The second kappa shape index (κ2) is 7.20. The smallest absolute Gasteiger partial charge is 0.382 e. The predicted octanol–water partition coefficient (Wildman–Crippen LogP) is 5.40. The number of nitrogens with two attached hydrogens (primary N) is 1. The molecular weight excluding hydrogens is 426 g/mol. The molecule has 2 aliphatic rings. The summed E-state index contributed by atoms with van der Waals surface area (Å²) in [6.45, 7) is 0.271. The van der Waals surface area contributed by atoms with E-state index >= 15 is 0 Å². The van der Waals surface area contributed by atoms with Crippen LogP contribution in [0.15, 0.2) is 48.8 Å². The molecule has 0 unspecified atom stereocenters. The highest BCUT2D eigenvalue weighted by atomic mass is 35.5. The van der Waals surface area contributed by atoms with E-state index in [1.54, 1.807) is 22.8 Å². The number of alkyl halides is 3. The summed E-state index contributed by atoms with van der Waals surface area (Å²) < 4.78 is 40.0. The van der Waals surface area contributed by atoms with E-state index in [-0.39, 0.29) is 18.2 Å². The minimum atomic E-state index is -4.41. The second-order valence-corrected chi connectivity index (χ2v) is 7.07. The average Bonchev–Trinajstić information content (AvgIpc) is 3.12. The maximum absolute atomic E-state index is 12.8. The summed E-state index contributed by atoms with van der Waals surface area (Å²) in [5.74, 6) is 0.822. The number of aromatic nitrogens is 4. The molecule has 10 heteroatoms. The van der Waals surface area contributed by atoms with E-state index in [0.29, 0.717) is 32.7 Å². The molecule has 0 bridgehead atoms. The fourth-order valence-corrected chi connectivity index (χ4v) is 3.38. The molecular formula is C19H12Cl2F3N5. The molecule has 0 saturated carbocycles. The van der Waals surface area contributed by atoms with Gasteiger partial charge in [0.1, 0.15) is 0 Å². The molecule has 2 aliphatic heterocycles. The van der Waals surface area contributed by atoms with Crippen LogP contribution < -0.4 is 5.73 Å². The van der Waals surface area contributed by atoms with E-state index in [1.165, 1.54) is 18.5 Å². The topological polar surface area (TPSA) is 69.6 Å². The Kier molecular flexibility index (Phi) is 4.84. The van der Waals surface area contributed by atoms with Gasteiger partial charge in [-0.15, -0.1) is 0 Å². The molecule has 0 aliphatic carbocycles. The first-order chi connectivity index (χ1) is 13.7. The Balaban J connectivity index is 1.76. The Hall–Kier alpha value is -2.84. The Bertz CT molecular complexity index is 1140. The van der Waals surface area contributed by atoms with Crippen molar-refractivity contribution >= 4 is 29.0 Å². The lowest BCUT2D eigenvalue weighted by atomic mass is 10.1. The molecule has 0 atom stereocenters. The average molecular weight is 438 g/mol. The molecule has 5 nitrogen and oxygen atoms in total. The summed E-state index contributed by atoms with van der Waals surface area (Å²) in [4.78, 5) is 12.9. The van der Waals surface area contributed by atoms with Gasteiger partial charge in [0.25, 0.3) is 0 Å². The van der Waals surface area contributed by atoms with Crippen LogP contribution >= 0.6 is 23.2 Å². The number of anilines is 1. The van der Waals surface area contributed by atoms with Gasteiger partial charge in [-0.2, -0.15) is 13.2 Å². The fraction of sp³-hybridized carbons (Fsp3) is 0.105. The summed E-state index contributed by atoms with van der Waals surface area (Å²) >= 11 is 12.5. The normalized spacial score (nSPS) is 11.9. The van der Waals surface area contributed by atoms with Gasteiger partial charge in [0.15, 0.2) is 23.2 Å². The van der Waals surface area contributed by atoms with Crippen LogP contribution in [0.3, 0.4) is 0 Å². The first kappa shape index (κ1) is 19.5. The number of halogens is 5. The zero-order valence-corrected chi connectivity index (χ0v) is 16.1. The van der Waals surface area contributed by atoms with Gasteiger partial charge in [0.05, 0.1) is 18.4 Å². The van der Waals surface area contributed by atoms with Crippen molar-refractivity contribution in [3.63, 3.8) is 0 Å². The van der Waals surface area contributed by atoms with E-state index in [2.05, 4.69) is 15.0 Å². The lowest BCUT2D eigenvalue weighted by molar-refractivity contribution is -0.137. The first-order valence-corrected chi connectivity index (χ1v) is 9.08. The van der Waals surface area contributed by atoms with Gasteiger partial charge in [-0.05, 0) is 24.3 Å². The van der Waals surface area contributed by atoms with E-state index < -0.39 is 11.7 Å². The quantitative estimate of drug-likeness (QED) is 0.465. The zero-order valence-electron chi connectivity index (χ0n) is 14.6. The number of fused-ring (bicyclic) bond motifs is 1. The van der Waals surface area contributed by atoms with Crippen molar-refractivity contribution in [2.45, 2.75) is 12.7 Å². The third-order valence-corrected chi connectivity index (χ3v) is 5.06. The number of nitrogens with zero attached hydrogens (tertiary/aromatic N) is 4. The van der Waals surface area contributed by atoms with Crippen LogP contribution in [0, 0.1) is 0 Å². The van der Waals surface area contributed by atoms with Gasteiger partial charge in [0.2, 0.25) is 0 Å². The highest BCUT2D eigenvalue weighted by Gasteiger charge is 2.30. The standard InChI is InChI=1S/C19H12Cl2F3N5/c20-13-2-1-3-14(21)12(13)8-29-9-26-16(25)15-18(29)28-17(27-15)10-4-6-11(7-5-10)19(22,23)24/h1-7,9H,8,25H2. The molecule has 2 aromatic rings. The van der Waals surface area contributed by atoms with Crippen molar-refractivity contribution in [1.29, 1.82) is 0 Å². The number of rotatable bonds is 3. The van der Waals surface area contributed by atoms with Gasteiger partial charge >= 0.3 is 6.18 Å². The van der Waals surface area contributed by atoms with Crippen molar-refractivity contribution in [3.05, 3.63) is 70.0 Å². The molecule has 4 rings (SSSR count). The lowest BCUT2D eigenvalue weighted by Crippen LogP contribution is -2.09. The number of hydrogen-bond donors (Lipinski definition) is 1. The second-order valence-electron chi connectivity index (χ2n) is 6.25. The number of hydrogen-bond acceptors (Lipinski definition) is 4. The summed E-state index contributed by atoms with van der Waals surface area (Å²) in [5.41, 5.74) is 6.61. The number of imidazole rings is 1. The van der Waals surface area contributed by atoms with Crippen LogP contribution in [-0.4, -0.2) is 19.5 Å². The highest BCUT2D eigenvalue weighted by molar-refractivity contribution is 6.36. The number of nitrogen functional groups attached to an aromatic ring is 1. The maximum Gasteiger partial charge on any atom is 0.416 e. The molecule has 0 radical (unpaired) electrons. The van der Waals surface area contributed by atoms with Crippen LogP contribution in [0.2, 0.25) is 10.0 Å². The van der Waals surface area contributed by atoms with Crippen LogP contribution in [0.4, 0.5) is 19.0 Å². The van der Waals surface area contributed by atoms with E-state index in [0.717, 1.165) is 12.1 Å². The number of benzene rings is 2. The van der Waals surface area contributed by atoms with Crippen LogP contribution in [-0.2, 0) is 12.7 Å². The molecule has 2 heterocycles. The fourth-order valence-electron chi connectivity index (χ4n) is 2.86. The third kappa shape index (κ3) is 3.73. The van der Waals surface area contributed by atoms with Crippen molar-refractivity contribution in [2.75, 3.05) is 5.73 Å². The largest absolute Gasteiger partial charge is 0.416 e. The minimum Gasteiger partial charge on any atom is -0.382 e. The first-order valence-electron chi connectivity index (χ1n) is 8.33. The SMILES string of the molecule is Nc1ncn(Cc2c(Cl)cccc2Cl)c2nc(-c3ccc(C(F)(F)F)cc3)nc1-2. The monoisotopic (exact) mass is 437 g/mol. The van der Waals surface area contributed by atoms with Crippen LogP contribution in [0.1, 0.15) is 11.1 Å². The molecule has 29 heavy (non-hydrogen) atoms. The van der Waals surface area contributed by atoms with Crippen LogP contribution in [0.25, 0.3) is 22.9 Å². The molecule has 0 fully saturated rings. The Morgan fingerprint density at radius 1 is 0.966 bits per heavy atom. The van der Waals surface area contributed by atoms with Crippen molar-refractivity contribution < 1.29 is 13.2 Å². The maximum atomic E-state index is 12.8. The van der Waals surface area contributed by atoms with Gasteiger partial charge < -0.3 is 10.3 Å². The minimum absolute atomic E-state index is 0.159. The Morgan fingerprint density at radius 2 is 1.62 bits per heavy atom. The summed E-state index contributed by atoms with van der Waals surface area (Å²) in [7, 11) is 0. The molecule has 0 amide bonds. The van der Waals surface area contributed by atoms with Gasteiger partial charge in [-0.25, -0.2) is 15.0 Å². The highest BCUT2D eigenvalue weighted by Crippen LogP contribution is 2.33. The zero-order chi connectivity index (χ0) is 20.8. The van der Waals surface area contributed by atoms with Gasteiger partial charge in [-0.1, -0.05) is 41.4 Å². The summed E-state index contributed by atoms with van der Waals surface area (Å²) in [6.07, 6.45) is -2.93. The third-order valence-electron chi connectivity index (χ3n) is 4.35. The van der Waals surface area contributed by atoms with Crippen molar-refractivity contribution in [2.24, 2.45) is 0 Å². The van der Waals surface area contributed by atoms with Crippen molar-refractivity contribution in [3.8, 4) is 22.9 Å². The molecule has 148 valence electrons. The molecule has 0 aromatic heterocycles. The Morgan fingerprint density at radius 3 is 2.24 bits per heavy atom. The Labute approximate surface area is 173 Å². The molecule has 0 saturated heterocycles. The van der Waals surface area contributed by atoms with E-state index in [4.69, 9.17) is 28.9 Å². The molecule has 2 aromatic carbocycles. The molecule has 0 spiro atoms.